The molecule has 4 nitrogen and oxygen atoms in total. The van der Waals surface area contributed by atoms with Crippen LogP contribution in [0, 0.1) is 18.8 Å². The van der Waals surface area contributed by atoms with Crippen LogP contribution in [0.5, 0.6) is 0 Å². The Hall–Kier alpha value is -0.900. The lowest BCUT2D eigenvalue weighted by atomic mass is 9.81. The highest BCUT2D eigenvalue weighted by Crippen LogP contribution is 2.29. The fourth-order valence-electron chi connectivity index (χ4n) is 3.18. The average Bonchev–Trinajstić information content (AvgIpc) is 2.75. The molecule has 1 N–H and O–H groups in total. The number of hydrogen-bond donors (Lipinski definition) is 1. The minimum absolute atomic E-state index is 0.682. The van der Waals surface area contributed by atoms with Crippen molar-refractivity contribution in [2.24, 2.45) is 11.8 Å². The number of nitrogens with zero attached hydrogens (tertiary/aromatic N) is 2. The second kappa shape index (κ2) is 7.04. The van der Waals surface area contributed by atoms with Gasteiger partial charge in [-0.2, -0.15) is 4.98 Å². The summed E-state index contributed by atoms with van der Waals surface area (Å²) in [6.45, 7) is 7.46. The normalized spacial score (nSPS) is 24.0. The Morgan fingerprint density at radius 2 is 2.21 bits per heavy atom. The predicted molar refractivity (Wildman–Crippen MR) is 75.9 cm³/mol. The van der Waals surface area contributed by atoms with Gasteiger partial charge >= 0.3 is 0 Å². The van der Waals surface area contributed by atoms with Crippen molar-refractivity contribution in [1.29, 1.82) is 0 Å². The van der Waals surface area contributed by atoms with Crippen molar-refractivity contribution in [3.63, 3.8) is 0 Å². The first-order valence-electron chi connectivity index (χ1n) is 7.66. The van der Waals surface area contributed by atoms with Gasteiger partial charge in [-0.1, -0.05) is 31.8 Å². The van der Waals surface area contributed by atoms with Gasteiger partial charge in [0.25, 0.3) is 0 Å². The zero-order valence-corrected chi connectivity index (χ0v) is 12.5. The molecular formula is C15H27N3O. The number of aromatic nitrogens is 2. The summed E-state index contributed by atoms with van der Waals surface area (Å²) in [5.74, 6) is 3.21. The molecule has 1 saturated carbocycles. The maximum absolute atomic E-state index is 5.13. The SMILES string of the molecule is Cc1noc(CCNC2CCCC(CC(C)C)C2)n1. The van der Waals surface area contributed by atoms with E-state index in [1.54, 1.807) is 0 Å². The van der Waals surface area contributed by atoms with Gasteiger partial charge in [-0.3, -0.25) is 0 Å². The van der Waals surface area contributed by atoms with E-state index in [0.29, 0.717) is 6.04 Å². The summed E-state index contributed by atoms with van der Waals surface area (Å²) >= 11 is 0. The van der Waals surface area contributed by atoms with Crippen LogP contribution in [-0.4, -0.2) is 22.7 Å². The van der Waals surface area contributed by atoms with Crippen LogP contribution in [0.1, 0.15) is 57.7 Å². The minimum Gasteiger partial charge on any atom is -0.339 e. The summed E-state index contributed by atoms with van der Waals surface area (Å²) in [5.41, 5.74) is 0. The van der Waals surface area contributed by atoms with Crippen LogP contribution in [0.2, 0.25) is 0 Å². The van der Waals surface area contributed by atoms with E-state index >= 15 is 0 Å². The van der Waals surface area contributed by atoms with Crippen LogP contribution >= 0.6 is 0 Å². The summed E-state index contributed by atoms with van der Waals surface area (Å²) < 4.78 is 5.13. The molecule has 4 heteroatoms. The first kappa shape index (κ1) is 14.5. The van der Waals surface area contributed by atoms with E-state index < -0.39 is 0 Å². The monoisotopic (exact) mass is 265 g/mol. The highest BCUT2D eigenvalue weighted by atomic mass is 16.5. The molecular weight excluding hydrogens is 238 g/mol. The summed E-state index contributed by atoms with van der Waals surface area (Å²) in [4.78, 5) is 4.23. The van der Waals surface area contributed by atoms with E-state index in [2.05, 4.69) is 29.3 Å². The molecule has 0 amide bonds. The fraction of sp³-hybridized carbons (Fsp3) is 0.867. The molecule has 0 aliphatic heterocycles. The number of hydrogen-bond acceptors (Lipinski definition) is 4. The maximum Gasteiger partial charge on any atom is 0.227 e. The van der Waals surface area contributed by atoms with Gasteiger partial charge in [0.1, 0.15) is 0 Å². The molecule has 2 atom stereocenters. The van der Waals surface area contributed by atoms with Gasteiger partial charge in [0.05, 0.1) is 0 Å². The Balaban J connectivity index is 1.67. The van der Waals surface area contributed by atoms with Crippen LogP contribution in [0.3, 0.4) is 0 Å². The molecule has 2 rings (SSSR count). The topological polar surface area (TPSA) is 51.0 Å². The Morgan fingerprint density at radius 1 is 1.37 bits per heavy atom. The van der Waals surface area contributed by atoms with Crippen LogP contribution in [0.25, 0.3) is 0 Å². The molecule has 0 radical (unpaired) electrons. The van der Waals surface area contributed by atoms with Crippen molar-refractivity contribution < 1.29 is 4.52 Å². The van der Waals surface area contributed by atoms with Gasteiger partial charge < -0.3 is 9.84 Å². The smallest absolute Gasteiger partial charge is 0.227 e. The second-order valence-electron chi connectivity index (χ2n) is 6.30. The lowest BCUT2D eigenvalue weighted by molar-refractivity contribution is 0.252. The van der Waals surface area contributed by atoms with Crippen molar-refractivity contribution in [1.82, 2.24) is 15.5 Å². The van der Waals surface area contributed by atoms with Gasteiger partial charge in [-0.15, -0.1) is 0 Å². The zero-order valence-electron chi connectivity index (χ0n) is 12.5. The van der Waals surface area contributed by atoms with E-state index in [4.69, 9.17) is 4.52 Å². The number of nitrogens with one attached hydrogen (secondary N) is 1. The molecule has 0 saturated heterocycles. The van der Waals surface area contributed by atoms with E-state index in [0.717, 1.165) is 36.5 Å². The molecule has 1 heterocycles. The number of aryl methyl sites for hydroxylation is 1. The molecule has 108 valence electrons. The van der Waals surface area contributed by atoms with E-state index in [-0.39, 0.29) is 0 Å². The summed E-state index contributed by atoms with van der Waals surface area (Å²) in [7, 11) is 0. The third kappa shape index (κ3) is 4.94. The quantitative estimate of drug-likeness (QED) is 0.858. The molecule has 1 fully saturated rings. The molecule has 1 aromatic heterocycles. The van der Waals surface area contributed by atoms with E-state index in [1.165, 1.54) is 32.1 Å². The van der Waals surface area contributed by atoms with Crippen molar-refractivity contribution in [2.75, 3.05) is 6.54 Å². The van der Waals surface area contributed by atoms with Gasteiger partial charge in [-0.25, -0.2) is 0 Å². The van der Waals surface area contributed by atoms with E-state index in [9.17, 15) is 0 Å². The Kier molecular flexibility index (Phi) is 5.37. The Labute approximate surface area is 116 Å². The van der Waals surface area contributed by atoms with Crippen LogP contribution < -0.4 is 5.32 Å². The van der Waals surface area contributed by atoms with Crippen molar-refractivity contribution >= 4 is 0 Å². The Bertz CT molecular complexity index is 375. The van der Waals surface area contributed by atoms with E-state index in [1.807, 2.05) is 6.92 Å². The molecule has 2 unspecified atom stereocenters. The van der Waals surface area contributed by atoms with Crippen molar-refractivity contribution in [2.45, 2.75) is 65.3 Å². The van der Waals surface area contributed by atoms with Crippen molar-refractivity contribution in [3.05, 3.63) is 11.7 Å². The first-order chi connectivity index (χ1) is 9.13. The second-order valence-corrected chi connectivity index (χ2v) is 6.30. The highest BCUT2D eigenvalue weighted by Gasteiger charge is 2.22. The molecule has 19 heavy (non-hydrogen) atoms. The molecule has 0 aromatic carbocycles. The van der Waals surface area contributed by atoms with Gasteiger partial charge in [0, 0.05) is 19.0 Å². The summed E-state index contributed by atoms with van der Waals surface area (Å²) in [5, 5.41) is 7.47. The van der Waals surface area contributed by atoms with Crippen LogP contribution in [0.4, 0.5) is 0 Å². The Morgan fingerprint density at radius 3 is 2.89 bits per heavy atom. The highest BCUT2D eigenvalue weighted by molar-refractivity contribution is 4.85. The number of rotatable bonds is 6. The molecule has 0 bridgehead atoms. The fourth-order valence-corrected chi connectivity index (χ4v) is 3.18. The minimum atomic E-state index is 0.682. The predicted octanol–water partition coefficient (Wildman–Crippen LogP) is 3.12. The molecule has 0 spiro atoms. The van der Waals surface area contributed by atoms with Crippen LogP contribution in [0.15, 0.2) is 4.52 Å². The first-order valence-corrected chi connectivity index (χ1v) is 7.66. The van der Waals surface area contributed by atoms with Gasteiger partial charge in [0.2, 0.25) is 5.89 Å². The molecule has 1 aromatic rings. The lowest BCUT2D eigenvalue weighted by Crippen LogP contribution is -2.35. The van der Waals surface area contributed by atoms with Gasteiger partial charge in [-0.05, 0) is 38.0 Å². The lowest BCUT2D eigenvalue weighted by Gasteiger charge is -2.30. The largest absolute Gasteiger partial charge is 0.339 e. The van der Waals surface area contributed by atoms with Gasteiger partial charge in [0.15, 0.2) is 5.82 Å². The molecule has 1 aliphatic carbocycles. The average molecular weight is 265 g/mol. The summed E-state index contributed by atoms with van der Waals surface area (Å²) in [6, 6.07) is 0.682. The third-order valence-corrected chi connectivity index (χ3v) is 3.93. The summed E-state index contributed by atoms with van der Waals surface area (Å²) in [6.07, 6.45) is 7.65. The zero-order chi connectivity index (χ0) is 13.7. The third-order valence-electron chi connectivity index (χ3n) is 3.93. The molecule has 1 aliphatic rings. The van der Waals surface area contributed by atoms with Crippen LogP contribution in [-0.2, 0) is 6.42 Å². The van der Waals surface area contributed by atoms with Crippen molar-refractivity contribution in [3.8, 4) is 0 Å². The standard InChI is InChI=1S/C15H27N3O/c1-11(2)9-13-5-4-6-14(10-13)16-8-7-15-17-12(3)18-19-15/h11,13-14,16H,4-10H2,1-3H3. The maximum atomic E-state index is 5.13.